The summed E-state index contributed by atoms with van der Waals surface area (Å²) in [4.78, 5) is 22.1. The molecule has 0 N–H and O–H groups in total. The zero-order chi connectivity index (χ0) is 18.9. The fourth-order valence-electron chi connectivity index (χ4n) is 2.59. The Hall–Kier alpha value is -2.39. The molecule has 0 fully saturated rings. The molecule has 134 valence electrons. The second kappa shape index (κ2) is 9.93. The first-order valence-corrected chi connectivity index (χ1v) is 9.69. The highest BCUT2D eigenvalue weighted by Crippen LogP contribution is 2.18. The largest absolute Gasteiger partial charge is 0.293 e. The van der Waals surface area contributed by atoms with Gasteiger partial charge in [-0.2, -0.15) is 0 Å². The van der Waals surface area contributed by atoms with Crippen molar-refractivity contribution in [2.45, 2.75) is 27.2 Å². The predicted octanol–water partition coefficient (Wildman–Crippen LogP) is 5.86. The lowest BCUT2D eigenvalue weighted by Gasteiger charge is -2.02. The van der Waals surface area contributed by atoms with Gasteiger partial charge in [0.2, 0.25) is 0 Å². The third kappa shape index (κ3) is 5.85. The van der Waals surface area contributed by atoms with Crippen molar-refractivity contribution in [3.8, 4) is 0 Å². The van der Waals surface area contributed by atoms with Gasteiger partial charge in [0.15, 0.2) is 10.9 Å². The molecule has 0 aliphatic rings. The van der Waals surface area contributed by atoms with Crippen molar-refractivity contribution in [3.63, 3.8) is 0 Å². The highest BCUT2D eigenvalue weighted by molar-refractivity contribution is 8.14. The fourth-order valence-corrected chi connectivity index (χ4v) is 3.09. The van der Waals surface area contributed by atoms with Gasteiger partial charge in [-0.05, 0) is 29.7 Å². The summed E-state index contributed by atoms with van der Waals surface area (Å²) in [6.07, 6.45) is 1.11. The molecule has 0 bridgehead atoms. The molecule has 3 rings (SSSR count). The average Bonchev–Trinajstić information content (AvgIpc) is 2.66. The molecule has 2 nitrogen and oxygen atoms in total. The third-order valence-electron chi connectivity index (χ3n) is 4.04. The van der Waals surface area contributed by atoms with Gasteiger partial charge >= 0.3 is 0 Å². The van der Waals surface area contributed by atoms with Gasteiger partial charge in [0.05, 0.1) is 5.75 Å². The first kappa shape index (κ1) is 19.9. The van der Waals surface area contributed by atoms with E-state index in [9.17, 15) is 9.59 Å². The van der Waals surface area contributed by atoms with E-state index in [1.54, 1.807) is 12.1 Å². The standard InChI is InChI=1S/C12H12.C11H12O2S/c1-2-10-7-5-8-11-6-3-4-9-12(10)11;1-8-3-5-10(6-4-8)11(13)7-14-9(2)12/h3-9H,2H2,1H3;3-6H,7H2,1-2H3. The molecule has 0 radical (unpaired) electrons. The third-order valence-corrected chi connectivity index (χ3v) is 4.85. The van der Waals surface area contributed by atoms with Crippen LogP contribution in [0.15, 0.2) is 66.7 Å². The normalized spacial score (nSPS) is 10.1. The summed E-state index contributed by atoms with van der Waals surface area (Å²) in [5.41, 5.74) is 3.23. The van der Waals surface area contributed by atoms with Crippen LogP contribution < -0.4 is 0 Å². The maximum Gasteiger partial charge on any atom is 0.186 e. The number of rotatable bonds is 4. The molecular formula is C23H24O2S. The zero-order valence-corrected chi connectivity index (χ0v) is 16.3. The number of carbonyl (C=O) groups excluding carboxylic acids is 2. The van der Waals surface area contributed by atoms with E-state index < -0.39 is 0 Å². The molecule has 0 saturated heterocycles. The maximum absolute atomic E-state index is 11.5. The number of ketones is 1. The fraction of sp³-hybridized carbons (Fsp3) is 0.217. The highest BCUT2D eigenvalue weighted by Gasteiger charge is 2.06. The van der Waals surface area contributed by atoms with Gasteiger partial charge in [-0.15, -0.1) is 0 Å². The molecule has 0 unspecified atom stereocenters. The number of Topliss-reactive ketones (excluding diaryl/α,β-unsaturated/α-hetero) is 1. The molecule has 0 heterocycles. The smallest absolute Gasteiger partial charge is 0.186 e. The minimum Gasteiger partial charge on any atom is -0.293 e. The zero-order valence-electron chi connectivity index (χ0n) is 15.5. The Morgan fingerprint density at radius 1 is 0.885 bits per heavy atom. The summed E-state index contributed by atoms with van der Waals surface area (Å²) in [7, 11) is 0. The average molecular weight is 365 g/mol. The van der Waals surface area contributed by atoms with Gasteiger partial charge < -0.3 is 0 Å². The molecule has 0 aromatic heterocycles. The van der Waals surface area contributed by atoms with E-state index in [4.69, 9.17) is 0 Å². The molecule has 3 aromatic rings. The van der Waals surface area contributed by atoms with E-state index in [0.29, 0.717) is 5.56 Å². The van der Waals surface area contributed by atoms with E-state index in [0.717, 1.165) is 23.7 Å². The van der Waals surface area contributed by atoms with Gasteiger partial charge in [-0.3, -0.25) is 9.59 Å². The van der Waals surface area contributed by atoms with Gasteiger partial charge in [0.1, 0.15) is 0 Å². The Kier molecular flexibility index (Phi) is 7.61. The molecular weight excluding hydrogens is 340 g/mol. The van der Waals surface area contributed by atoms with E-state index in [2.05, 4.69) is 49.4 Å². The second-order valence-electron chi connectivity index (χ2n) is 6.06. The molecule has 0 aliphatic carbocycles. The van der Waals surface area contributed by atoms with Gasteiger partial charge in [0, 0.05) is 12.5 Å². The summed E-state index contributed by atoms with van der Waals surface area (Å²) in [5.74, 6) is 0.239. The molecule has 26 heavy (non-hydrogen) atoms. The van der Waals surface area contributed by atoms with Crippen LogP contribution in [0.25, 0.3) is 10.8 Å². The van der Waals surface area contributed by atoms with Crippen LogP contribution in [0, 0.1) is 6.92 Å². The lowest BCUT2D eigenvalue weighted by atomic mass is 10.0. The monoisotopic (exact) mass is 364 g/mol. The minimum absolute atomic E-state index is 0.00481. The number of benzene rings is 3. The number of hydrogen-bond acceptors (Lipinski definition) is 3. The Labute approximate surface area is 159 Å². The van der Waals surface area contributed by atoms with Crippen LogP contribution in [0.1, 0.15) is 35.3 Å². The molecule has 0 atom stereocenters. The molecule has 0 saturated carbocycles. The number of fused-ring (bicyclic) bond motifs is 1. The maximum atomic E-state index is 11.5. The number of aryl methyl sites for hydroxylation is 2. The van der Waals surface area contributed by atoms with Crippen LogP contribution in [0.3, 0.4) is 0 Å². The van der Waals surface area contributed by atoms with E-state index in [-0.39, 0.29) is 16.7 Å². The first-order chi connectivity index (χ1) is 12.5. The molecule has 0 aliphatic heterocycles. The van der Waals surface area contributed by atoms with Crippen LogP contribution in [0.4, 0.5) is 0 Å². The molecule has 0 amide bonds. The first-order valence-electron chi connectivity index (χ1n) is 8.71. The van der Waals surface area contributed by atoms with Crippen molar-refractivity contribution in [2.24, 2.45) is 0 Å². The van der Waals surface area contributed by atoms with Crippen molar-refractivity contribution >= 4 is 33.4 Å². The summed E-state index contributed by atoms with van der Waals surface area (Å²) >= 11 is 1.05. The van der Waals surface area contributed by atoms with Crippen molar-refractivity contribution in [3.05, 3.63) is 83.4 Å². The number of carbonyl (C=O) groups is 2. The van der Waals surface area contributed by atoms with Crippen LogP contribution in [0.5, 0.6) is 0 Å². The Balaban J connectivity index is 0.000000189. The van der Waals surface area contributed by atoms with Gasteiger partial charge in [-0.25, -0.2) is 0 Å². The highest BCUT2D eigenvalue weighted by atomic mass is 32.2. The summed E-state index contributed by atoms with van der Waals surface area (Å²) < 4.78 is 0. The van der Waals surface area contributed by atoms with Crippen molar-refractivity contribution in [1.82, 2.24) is 0 Å². The SMILES string of the molecule is CC(=O)SCC(=O)c1ccc(C)cc1.CCc1cccc2ccccc12. The van der Waals surface area contributed by atoms with E-state index in [1.807, 2.05) is 19.1 Å². The summed E-state index contributed by atoms with van der Waals surface area (Å²) in [6, 6.07) is 22.4. The Morgan fingerprint density at radius 2 is 1.54 bits per heavy atom. The lowest BCUT2D eigenvalue weighted by molar-refractivity contribution is -0.109. The van der Waals surface area contributed by atoms with Gasteiger partial charge in [-0.1, -0.05) is 91.0 Å². The van der Waals surface area contributed by atoms with E-state index >= 15 is 0 Å². The van der Waals surface area contributed by atoms with Crippen LogP contribution >= 0.6 is 11.8 Å². The van der Waals surface area contributed by atoms with Crippen LogP contribution in [-0.2, 0) is 11.2 Å². The molecule has 0 spiro atoms. The quantitative estimate of drug-likeness (QED) is 0.544. The number of thioether (sulfide) groups is 1. The van der Waals surface area contributed by atoms with Crippen molar-refractivity contribution in [2.75, 3.05) is 5.75 Å². The molecule has 3 heteroatoms. The predicted molar refractivity (Wildman–Crippen MR) is 112 cm³/mol. The summed E-state index contributed by atoms with van der Waals surface area (Å²) in [6.45, 7) is 5.63. The summed E-state index contributed by atoms with van der Waals surface area (Å²) in [5, 5.41) is 2.71. The van der Waals surface area contributed by atoms with Crippen molar-refractivity contribution < 1.29 is 9.59 Å². The van der Waals surface area contributed by atoms with Crippen LogP contribution in [0.2, 0.25) is 0 Å². The van der Waals surface area contributed by atoms with E-state index in [1.165, 1.54) is 23.3 Å². The van der Waals surface area contributed by atoms with Gasteiger partial charge in [0.25, 0.3) is 0 Å². The number of hydrogen-bond donors (Lipinski definition) is 0. The minimum atomic E-state index is -0.0227. The molecule has 3 aromatic carbocycles. The van der Waals surface area contributed by atoms with Crippen LogP contribution in [-0.4, -0.2) is 16.7 Å². The topological polar surface area (TPSA) is 34.1 Å². The Morgan fingerprint density at radius 3 is 2.19 bits per heavy atom. The van der Waals surface area contributed by atoms with Crippen molar-refractivity contribution in [1.29, 1.82) is 0 Å². The Bertz CT molecular complexity index is 877. The lowest BCUT2D eigenvalue weighted by Crippen LogP contribution is -2.03. The second-order valence-corrected chi connectivity index (χ2v) is 7.21.